The summed E-state index contributed by atoms with van der Waals surface area (Å²) in [5, 5.41) is 6.21. The summed E-state index contributed by atoms with van der Waals surface area (Å²) in [4.78, 5) is 38.6. The molecule has 1 fully saturated rings. The quantitative estimate of drug-likeness (QED) is 0.694. The number of amides is 3. The Morgan fingerprint density at radius 1 is 1.31 bits per heavy atom. The zero-order valence-corrected chi connectivity index (χ0v) is 17.2. The van der Waals surface area contributed by atoms with Crippen molar-refractivity contribution in [3.05, 3.63) is 51.8 Å². The lowest BCUT2D eigenvalue weighted by Crippen LogP contribution is -2.37. The molecule has 1 aromatic heterocycles. The van der Waals surface area contributed by atoms with Crippen LogP contribution in [0.5, 0.6) is 5.75 Å². The van der Waals surface area contributed by atoms with E-state index in [1.165, 1.54) is 0 Å². The van der Waals surface area contributed by atoms with Crippen LogP contribution in [0.4, 0.5) is 4.79 Å². The van der Waals surface area contributed by atoms with Gasteiger partial charge in [-0.1, -0.05) is 24.2 Å². The molecule has 0 saturated carbocycles. The number of carbonyl (C=O) groups is 3. The Labute approximate surface area is 172 Å². The average Bonchev–Trinajstić information content (AvgIpc) is 3.22. The predicted octanol–water partition coefficient (Wildman–Crippen LogP) is 3.02. The molecule has 2 heterocycles. The van der Waals surface area contributed by atoms with Gasteiger partial charge in [-0.05, 0) is 48.9 Å². The summed E-state index contributed by atoms with van der Waals surface area (Å²) in [6.07, 6.45) is 2.23. The van der Waals surface area contributed by atoms with Crippen LogP contribution in [-0.2, 0) is 11.2 Å². The number of nitrogens with one attached hydrogen (secondary N) is 1. The van der Waals surface area contributed by atoms with Crippen molar-refractivity contribution in [2.75, 3.05) is 20.2 Å². The summed E-state index contributed by atoms with van der Waals surface area (Å²) in [6, 6.07) is 7.17. The minimum absolute atomic E-state index is 0.0855. The Morgan fingerprint density at radius 2 is 2.03 bits per heavy atom. The number of imide groups is 1. The van der Waals surface area contributed by atoms with Crippen LogP contribution in [0.3, 0.4) is 0 Å². The Balaban J connectivity index is 1.60. The largest absolute Gasteiger partial charge is 0.497 e. The molecular weight excluding hydrogens is 394 g/mol. The summed E-state index contributed by atoms with van der Waals surface area (Å²) in [5.74, 6) is 0.440. The van der Waals surface area contributed by atoms with Crippen molar-refractivity contribution in [2.24, 2.45) is 0 Å². The van der Waals surface area contributed by atoms with Crippen molar-refractivity contribution in [3.63, 3.8) is 0 Å². The third kappa shape index (κ3) is 4.51. The van der Waals surface area contributed by atoms with Gasteiger partial charge in [-0.3, -0.25) is 19.3 Å². The fraction of sp³-hybridized carbons (Fsp3) is 0.300. The summed E-state index contributed by atoms with van der Waals surface area (Å²) >= 11 is 0.881. The van der Waals surface area contributed by atoms with Crippen LogP contribution >= 0.6 is 11.8 Å². The predicted molar refractivity (Wildman–Crippen MR) is 109 cm³/mol. The molecule has 3 rings (SSSR count). The van der Waals surface area contributed by atoms with Crippen LogP contribution in [0.2, 0.25) is 0 Å². The monoisotopic (exact) mass is 415 g/mol. The van der Waals surface area contributed by atoms with Gasteiger partial charge in [0.15, 0.2) is 0 Å². The van der Waals surface area contributed by atoms with Gasteiger partial charge in [0.2, 0.25) is 0 Å². The van der Waals surface area contributed by atoms with Gasteiger partial charge in [-0.15, -0.1) is 0 Å². The molecule has 0 spiro atoms. The molecule has 1 aliphatic heterocycles. The zero-order chi connectivity index (χ0) is 21.0. The van der Waals surface area contributed by atoms with Crippen LogP contribution in [0, 0.1) is 6.92 Å². The maximum Gasteiger partial charge on any atom is 0.293 e. The Morgan fingerprint density at radius 3 is 2.69 bits per heavy atom. The van der Waals surface area contributed by atoms with E-state index in [0.717, 1.165) is 22.2 Å². The first kappa shape index (κ1) is 20.7. The number of ether oxygens (including phenoxy) is 1. The lowest BCUT2D eigenvalue weighted by molar-refractivity contribution is -0.122. The molecule has 1 aromatic carbocycles. The summed E-state index contributed by atoms with van der Waals surface area (Å²) in [7, 11) is 1.58. The molecule has 0 bridgehead atoms. The number of carbonyl (C=O) groups excluding carboxylic acids is 3. The number of methoxy groups -OCH3 is 1. The minimum atomic E-state index is -0.375. The molecule has 8 nitrogen and oxygen atoms in total. The van der Waals surface area contributed by atoms with Gasteiger partial charge < -0.3 is 14.6 Å². The highest BCUT2D eigenvalue weighted by molar-refractivity contribution is 8.18. The van der Waals surface area contributed by atoms with Gasteiger partial charge in [0.1, 0.15) is 17.1 Å². The standard InChI is InChI=1S/C20H21N3O5S/c1-4-15-17(12(2)28-22-15)18(24)21-9-10-23-19(25)16(29-20(23)26)11-13-5-7-14(27-3)8-6-13/h5-8,11H,4,9-10H2,1-3H3,(H,21,24)/b16-11+. The Kier molecular flexibility index (Phi) is 6.38. The van der Waals surface area contributed by atoms with Crippen LogP contribution in [0.15, 0.2) is 33.7 Å². The van der Waals surface area contributed by atoms with E-state index in [-0.39, 0.29) is 30.1 Å². The van der Waals surface area contributed by atoms with Crippen LogP contribution < -0.4 is 10.1 Å². The van der Waals surface area contributed by atoms with Gasteiger partial charge in [0, 0.05) is 13.1 Å². The molecule has 9 heteroatoms. The molecule has 0 atom stereocenters. The van der Waals surface area contributed by atoms with E-state index in [9.17, 15) is 14.4 Å². The summed E-state index contributed by atoms with van der Waals surface area (Å²) in [5.41, 5.74) is 1.77. The molecule has 0 radical (unpaired) electrons. The number of nitrogens with zero attached hydrogens (tertiary/aromatic N) is 2. The van der Waals surface area contributed by atoms with E-state index in [4.69, 9.17) is 9.26 Å². The van der Waals surface area contributed by atoms with Crippen LogP contribution in [0.1, 0.15) is 34.3 Å². The molecule has 1 N–H and O–H groups in total. The maximum atomic E-state index is 12.6. The van der Waals surface area contributed by atoms with E-state index >= 15 is 0 Å². The number of hydrogen-bond acceptors (Lipinski definition) is 7. The molecule has 3 amide bonds. The molecule has 1 aliphatic rings. The second kappa shape index (κ2) is 8.95. The van der Waals surface area contributed by atoms with Gasteiger partial charge >= 0.3 is 0 Å². The second-order valence-electron chi connectivity index (χ2n) is 6.28. The van der Waals surface area contributed by atoms with Crippen LogP contribution in [0.25, 0.3) is 6.08 Å². The fourth-order valence-electron chi connectivity index (χ4n) is 2.86. The average molecular weight is 415 g/mol. The lowest BCUT2D eigenvalue weighted by atomic mass is 10.1. The molecule has 152 valence electrons. The number of aryl methyl sites for hydroxylation is 2. The number of thioether (sulfide) groups is 1. The minimum Gasteiger partial charge on any atom is -0.497 e. The van der Waals surface area contributed by atoms with Gasteiger partial charge in [0.05, 0.1) is 17.7 Å². The zero-order valence-electron chi connectivity index (χ0n) is 16.4. The van der Waals surface area contributed by atoms with E-state index in [2.05, 4.69) is 10.5 Å². The molecule has 2 aromatic rings. The second-order valence-corrected chi connectivity index (χ2v) is 7.27. The van der Waals surface area contributed by atoms with Gasteiger partial charge in [0.25, 0.3) is 17.1 Å². The summed E-state index contributed by atoms with van der Waals surface area (Å²) < 4.78 is 10.2. The van der Waals surface area contributed by atoms with Crippen LogP contribution in [-0.4, -0.2) is 47.3 Å². The molecule has 1 saturated heterocycles. The van der Waals surface area contributed by atoms with Crippen molar-refractivity contribution < 1.29 is 23.6 Å². The first-order valence-corrected chi connectivity index (χ1v) is 9.89. The molecule has 29 heavy (non-hydrogen) atoms. The lowest BCUT2D eigenvalue weighted by Gasteiger charge is -2.13. The van der Waals surface area contributed by atoms with E-state index < -0.39 is 0 Å². The van der Waals surface area contributed by atoms with E-state index in [1.807, 2.05) is 6.92 Å². The van der Waals surface area contributed by atoms with Crippen molar-refractivity contribution in [1.29, 1.82) is 0 Å². The highest BCUT2D eigenvalue weighted by Crippen LogP contribution is 2.32. The van der Waals surface area contributed by atoms with Gasteiger partial charge in [-0.25, -0.2) is 0 Å². The third-order valence-electron chi connectivity index (χ3n) is 4.40. The Hall–Kier alpha value is -3.07. The number of aromatic nitrogens is 1. The highest BCUT2D eigenvalue weighted by atomic mass is 32.2. The van der Waals surface area contributed by atoms with Crippen molar-refractivity contribution in [1.82, 2.24) is 15.4 Å². The number of benzene rings is 1. The van der Waals surface area contributed by atoms with E-state index in [1.54, 1.807) is 44.4 Å². The fourth-order valence-corrected chi connectivity index (χ4v) is 3.73. The Bertz CT molecular complexity index is 965. The molecule has 0 unspecified atom stereocenters. The summed E-state index contributed by atoms with van der Waals surface area (Å²) in [6.45, 7) is 3.77. The first-order valence-electron chi connectivity index (χ1n) is 9.07. The molecule has 0 aliphatic carbocycles. The maximum absolute atomic E-state index is 12.6. The molecular formula is C20H21N3O5S. The SMILES string of the molecule is CCc1noc(C)c1C(=O)NCCN1C(=O)S/C(=C/c2ccc(OC)cc2)C1=O. The number of rotatable bonds is 7. The first-order chi connectivity index (χ1) is 13.9. The van der Waals surface area contributed by atoms with Gasteiger partial charge in [-0.2, -0.15) is 0 Å². The normalized spacial score (nSPS) is 15.3. The van der Waals surface area contributed by atoms with Crippen molar-refractivity contribution in [2.45, 2.75) is 20.3 Å². The van der Waals surface area contributed by atoms with Crippen molar-refractivity contribution in [3.8, 4) is 5.75 Å². The third-order valence-corrected chi connectivity index (χ3v) is 5.31. The topological polar surface area (TPSA) is 102 Å². The van der Waals surface area contributed by atoms with Crippen molar-refractivity contribution >= 4 is 34.9 Å². The highest BCUT2D eigenvalue weighted by Gasteiger charge is 2.34. The number of hydrogen-bond donors (Lipinski definition) is 1. The smallest absolute Gasteiger partial charge is 0.293 e. The van der Waals surface area contributed by atoms with E-state index in [0.29, 0.717) is 34.1 Å².